The first-order chi connectivity index (χ1) is 14.3. The number of piperidine rings is 1. The molecule has 3 unspecified atom stereocenters. The maximum Gasteiger partial charge on any atom is 0.191 e. The summed E-state index contributed by atoms with van der Waals surface area (Å²) in [4.78, 5) is 7.64. The van der Waals surface area contributed by atoms with Gasteiger partial charge in [-0.15, -0.1) is 0 Å². The Bertz CT molecular complexity index is 573. The number of ether oxygens (including phenoxy) is 1. The summed E-state index contributed by atoms with van der Waals surface area (Å²) in [5.74, 6) is 1.77. The molecule has 5 nitrogen and oxygen atoms in total. The fraction of sp³-hybridized carbons (Fsp3) is 0.958. The first-order valence-corrected chi connectivity index (χ1v) is 12.7. The van der Waals surface area contributed by atoms with Crippen LogP contribution in [0.1, 0.15) is 84.0 Å². The molecule has 164 valence electrons. The van der Waals surface area contributed by atoms with Crippen molar-refractivity contribution >= 4 is 5.96 Å². The largest absolute Gasteiger partial charge is 0.377 e. The molecule has 5 aliphatic rings. The van der Waals surface area contributed by atoms with Gasteiger partial charge in [0.05, 0.1) is 6.10 Å². The summed E-state index contributed by atoms with van der Waals surface area (Å²) in [7, 11) is 0. The molecular formula is C24H42N4O. The van der Waals surface area contributed by atoms with Crippen LogP contribution in [0.3, 0.4) is 0 Å². The highest BCUT2D eigenvalue weighted by Crippen LogP contribution is 2.60. The number of fused-ring (bicyclic) bond motifs is 2. The highest BCUT2D eigenvalue weighted by atomic mass is 16.5. The number of guanidine groups is 1. The predicted octanol–water partition coefficient (Wildman–Crippen LogP) is 3.69. The van der Waals surface area contributed by atoms with E-state index in [2.05, 4.69) is 22.5 Å². The van der Waals surface area contributed by atoms with E-state index < -0.39 is 0 Å². The van der Waals surface area contributed by atoms with Gasteiger partial charge in [-0.2, -0.15) is 0 Å². The van der Waals surface area contributed by atoms with Gasteiger partial charge in [-0.3, -0.25) is 4.99 Å². The summed E-state index contributed by atoms with van der Waals surface area (Å²) in [6.07, 6.45) is 16.9. The fourth-order valence-corrected chi connectivity index (χ4v) is 7.39. The van der Waals surface area contributed by atoms with Gasteiger partial charge >= 0.3 is 0 Å². The van der Waals surface area contributed by atoms with Gasteiger partial charge in [0.15, 0.2) is 5.96 Å². The quantitative estimate of drug-likeness (QED) is 0.556. The second-order valence-corrected chi connectivity index (χ2v) is 10.4. The smallest absolute Gasteiger partial charge is 0.191 e. The van der Waals surface area contributed by atoms with Crippen molar-refractivity contribution in [2.45, 2.75) is 108 Å². The van der Waals surface area contributed by atoms with Crippen molar-refractivity contribution in [3.8, 4) is 0 Å². The van der Waals surface area contributed by atoms with E-state index in [1.807, 2.05) is 0 Å². The van der Waals surface area contributed by atoms with E-state index >= 15 is 0 Å². The zero-order valence-electron chi connectivity index (χ0n) is 18.5. The number of nitrogens with zero attached hydrogens (tertiary/aromatic N) is 2. The zero-order chi connectivity index (χ0) is 19.7. The molecule has 2 heterocycles. The molecular weight excluding hydrogens is 360 g/mol. The summed E-state index contributed by atoms with van der Waals surface area (Å²) in [5.41, 5.74) is 0.391. The van der Waals surface area contributed by atoms with E-state index in [1.165, 1.54) is 90.1 Å². The van der Waals surface area contributed by atoms with Crippen LogP contribution in [0.15, 0.2) is 4.99 Å². The van der Waals surface area contributed by atoms with E-state index in [4.69, 9.17) is 9.73 Å². The third kappa shape index (κ3) is 3.82. The first-order valence-electron chi connectivity index (χ1n) is 12.7. The molecule has 0 aromatic rings. The van der Waals surface area contributed by atoms with Crippen LogP contribution in [0.4, 0.5) is 0 Å². The second kappa shape index (κ2) is 8.74. The first kappa shape index (κ1) is 20.1. The molecule has 3 saturated carbocycles. The lowest BCUT2D eigenvalue weighted by Gasteiger charge is -2.57. The minimum atomic E-state index is 0.391. The summed E-state index contributed by atoms with van der Waals surface area (Å²) < 4.78 is 6.17. The number of hydrogen-bond donors (Lipinski definition) is 2. The van der Waals surface area contributed by atoms with E-state index in [0.29, 0.717) is 29.5 Å². The Hall–Kier alpha value is -0.810. The fourth-order valence-electron chi connectivity index (χ4n) is 7.39. The van der Waals surface area contributed by atoms with Crippen molar-refractivity contribution in [2.24, 2.45) is 16.3 Å². The van der Waals surface area contributed by atoms with Gasteiger partial charge in [-0.25, -0.2) is 0 Å². The molecule has 2 aliphatic heterocycles. The molecule has 2 saturated heterocycles. The average Bonchev–Trinajstić information content (AvgIpc) is 3.42. The molecule has 0 radical (unpaired) electrons. The van der Waals surface area contributed by atoms with E-state index in [1.54, 1.807) is 0 Å². The van der Waals surface area contributed by atoms with Crippen LogP contribution in [0.2, 0.25) is 0 Å². The Morgan fingerprint density at radius 3 is 2.45 bits per heavy atom. The lowest BCUT2D eigenvalue weighted by atomic mass is 9.54. The van der Waals surface area contributed by atoms with Crippen LogP contribution < -0.4 is 10.6 Å². The Morgan fingerprint density at radius 1 is 0.966 bits per heavy atom. The summed E-state index contributed by atoms with van der Waals surface area (Å²) in [5, 5.41) is 7.76. The van der Waals surface area contributed by atoms with Crippen molar-refractivity contribution < 1.29 is 4.74 Å². The highest BCUT2D eigenvalue weighted by Gasteiger charge is 2.65. The van der Waals surface area contributed by atoms with Gasteiger partial charge in [0.1, 0.15) is 0 Å². The van der Waals surface area contributed by atoms with Gasteiger partial charge in [0.2, 0.25) is 0 Å². The monoisotopic (exact) mass is 402 g/mol. The van der Waals surface area contributed by atoms with Gasteiger partial charge in [-0.05, 0) is 51.9 Å². The molecule has 0 amide bonds. The van der Waals surface area contributed by atoms with Gasteiger partial charge in [-0.1, -0.05) is 32.1 Å². The molecule has 0 aromatic carbocycles. The summed E-state index contributed by atoms with van der Waals surface area (Å²) in [6.45, 7) is 6.48. The molecule has 1 spiro atoms. The number of likely N-dealkylation sites (tertiary alicyclic amines) is 1. The third-order valence-corrected chi connectivity index (χ3v) is 8.86. The van der Waals surface area contributed by atoms with Crippen molar-refractivity contribution in [1.29, 1.82) is 0 Å². The minimum absolute atomic E-state index is 0.391. The lowest BCUT2D eigenvalue weighted by Crippen LogP contribution is -2.69. The Morgan fingerprint density at radius 2 is 1.72 bits per heavy atom. The SMILES string of the molecule is CCN=C(NC1CCN(C2CCCCC2)CC1)NC1C2CCOC2C12CCCC2. The molecule has 5 rings (SSSR count). The number of nitrogens with one attached hydrogen (secondary N) is 2. The maximum absolute atomic E-state index is 6.17. The zero-order valence-corrected chi connectivity index (χ0v) is 18.5. The maximum atomic E-state index is 6.17. The van der Waals surface area contributed by atoms with Crippen LogP contribution in [0, 0.1) is 11.3 Å². The standard InChI is InChI=1S/C24H42N4O/c1-2-25-23(26-18-10-15-28(16-11-18)19-8-4-3-5-9-19)27-21-20-12-17-29-22(20)24(21)13-6-7-14-24/h18-22H,2-17H2,1H3,(H2,25,26,27). The van der Waals surface area contributed by atoms with Crippen molar-refractivity contribution in [3.05, 3.63) is 0 Å². The number of rotatable bonds is 4. The van der Waals surface area contributed by atoms with E-state index in [0.717, 1.165) is 25.2 Å². The average molecular weight is 403 g/mol. The van der Waals surface area contributed by atoms with Crippen molar-refractivity contribution in [3.63, 3.8) is 0 Å². The van der Waals surface area contributed by atoms with Crippen molar-refractivity contribution in [1.82, 2.24) is 15.5 Å². The highest BCUT2D eigenvalue weighted by molar-refractivity contribution is 5.80. The van der Waals surface area contributed by atoms with Crippen LogP contribution in [0.5, 0.6) is 0 Å². The third-order valence-electron chi connectivity index (χ3n) is 8.86. The normalized spacial score (nSPS) is 36.2. The van der Waals surface area contributed by atoms with Crippen LogP contribution in [-0.4, -0.2) is 61.3 Å². The molecule has 0 bridgehead atoms. The number of aliphatic imine (C=N–C) groups is 1. The van der Waals surface area contributed by atoms with Crippen LogP contribution in [0.25, 0.3) is 0 Å². The molecule has 3 aliphatic carbocycles. The minimum Gasteiger partial charge on any atom is -0.377 e. The molecule has 0 aromatic heterocycles. The Balaban J connectivity index is 1.17. The van der Waals surface area contributed by atoms with E-state index in [9.17, 15) is 0 Å². The molecule has 2 N–H and O–H groups in total. The molecule has 5 heteroatoms. The molecule has 3 atom stereocenters. The topological polar surface area (TPSA) is 48.9 Å². The summed E-state index contributed by atoms with van der Waals surface area (Å²) in [6, 6.07) is 2.00. The predicted molar refractivity (Wildman–Crippen MR) is 118 cm³/mol. The number of hydrogen-bond acceptors (Lipinski definition) is 3. The van der Waals surface area contributed by atoms with Crippen LogP contribution in [-0.2, 0) is 4.74 Å². The molecule has 5 fully saturated rings. The van der Waals surface area contributed by atoms with Gasteiger partial charge in [0, 0.05) is 55.7 Å². The second-order valence-electron chi connectivity index (χ2n) is 10.4. The van der Waals surface area contributed by atoms with Crippen LogP contribution >= 0.6 is 0 Å². The summed E-state index contributed by atoms with van der Waals surface area (Å²) >= 11 is 0. The lowest BCUT2D eigenvalue weighted by molar-refractivity contribution is -0.125. The Labute approximate surface area is 177 Å². The van der Waals surface area contributed by atoms with Gasteiger partial charge < -0.3 is 20.3 Å². The van der Waals surface area contributed by atoms with E-state index in [-0.39, 0.29) is 0 Å². The molecule has 29 heavy (non-hydrogen) atoms. The van der Waals surface area contributed by atoms with Gasteiger partial charge in [0.25, 0.3) is 0 Å². The van der Waals surface area contributed by atoms with Crippen molar-refractivity contribution in [2.75, 3.05) is 26.2 Å². The Kier molecular flexibility index (Phi) is 6.06.